The molecule has 0 spiro atoms. The topological polar surface area (TPSA) is 66.8 Å². The van der Waals surface area contributed by atoms with Gasteiger partial charge in [-0.3, -0.25) is 4.79 Å². The molecule has 0 aliphatic heterocycles. The molecule has 0 saturated heterocycles. The molecule has 0 aliphatic rings. The van der Waals surface area contributed by atoms with Gasteiger partial charge in [-0.25, -0.2) is 0 Å². The van der Waals surface area contributed by atoms with Gasteiger partial charge in [-0.15, -0.1) is 0 Å². The van der Waals surface area contributed by atoms with Crippen LogP contribution in [0.3, 0.4) is 0 Å². The van der Waals surface area contributed by atoms with Gasteiger partial charge in [-0.1, -0.05) is 42.5 Å². The average Bonchev–Trinajstić information content (AvgIpc) is 2.39. The summed E-state index contributed by atoms with van der Waals surface area (Å²) in [7, 11) is 0. The van der Waals surface area contributed by atoms with Crippen molar-refractivity contribution in [2.24, 2.45) is 0 Å². The maximum absolute atomic E-state index is 12.2. The van der Waals surface area contributed by atoms with Crippen LogP contribution in [0.15, 0.2) is 54.6 Å². The van der Waals surface area contributed by atoms with Crippen molar-refractivity contribution in [3.63, 3.8) is 0 Å². The Bertz CT molecular complexity index is 540. The van der Waals surface area contributed by atoms with Crippen LogP contribution in [-0.4, -0.2) is 52.0 Å². The molecule has 0 amide bonds. The van der Waals surface area contributed by atoms with E-state index in [1.54, 1.807) is 42.5 Å². The summed E-state index contributed by atoms with van der Waals surface area (Å²) in [4.78, 5) is 12.2. The van der Waals surface area contributed by atoms with E-state index in [1.807, 2.05) is 6.07 Å². The summed E-state index contributed by atoms with van der Waals surface area (Å²) in [6.07, 6.45) is 0. The molecular weight excluding hydrogens is 255 g/mol. The summed E-state index contributed by atoms with van der Waals surface area (Å²) in [5.41, 5.74) is 0.803. The zero-order valence-corrected chi connectivity index (χ0v) is 9.48. The first-order valence-corrected chi connectivity index (χ1v) is 5.40. The molecule has 2 aromatic carbocycles. The first-order valence-electron chi connectivity index (χ1n) is 5.40. The van der Waals surface area contributed by atoms with Gasteiger partial charge in [-0.2, -0.15) is 0 Å². The van der Waals surface area contributed by atoms with Crippen LogP contribution in [0.5, 0.6) is 5.75 Å². The van der Waals surface area contributed by atoms with Crippen LogP contribution in [0.25, 0.3) is 0 Å². The van der Waals surface area contributed by atoms with Gasteiger partial charge in [0.05, 0.1) is 5.56 Å². The van der Waals surface area contributed by atoms with Crippen molar-refractivity contribution in [3.8, 4) is 5.75 Å². The Labute approximate surface area is 132 Å². The van der Waals surface area contributed by atoms with Gasteiger partial charge < -0.3 is 14.9 Å². The Morgan fingerprint density at radius 1 is 0.947 bits per heavy atom. The van der Waals surface area contributed by atoms with Crippen LogP contribution in [0.2, 0.25) is 0 Å². The van der Waals surface area contributed by atoms with E-state index < -0.39 is 6.48 Å². The monoisotopic (exact) mass is 268 g/mol. The van der Waals surface area contributed by atoms with Crippen LogP contribution < -0.4 is 4.74 Å². The van der Waals surface area contributed by atoms with Crippen LogP contribution >= 0.6 is 0 Å². The number of ketones is 1. The van der Waals surface area contributed by atoms with E-state index in [2.05, 4.69) is 0 Å². The zero-order chi connectivity index (χ0) is 13.0. The molecule has 0 heterocycles. The number of carbonyl (C=O) groups is 1. The molecule has 5 heteroatoms. The summed E-state index contributed by atoms with van der Waals surface area (Å²) < 4.78 is 4.78. The molecule has 0 atom stereocenters. The molecule has 0 bridgehead atoms. The number of rotatable bonds is 4. The zero-order valence-electron chi connectivity index (χ0n) is 9.48. The van der Waals surface area contributed by atoms with Crippen molar-refractivity contribution in [3.05, 3.63) is 65.7 Å². The molecule has 0 radical (unpaired) electrons. The SMILES string of the molecule is O=C(c1ccccc1)c1ccccc1OC(O)O.[NaH]. The fourth-order valence-electron chi connectivity index (χ4n) is 1.62. The molecule has 94 valence electrons. The molecule has 0 aliphatic carbocycles. The maximum atomic E-state index is 12.2. The second-order valence-corrected chi connectivity index (χ2v) is 3.64. The summed E-state index contributed by atoms with van der Waals surface area (Å²) in [6, 6.07) is 15.1. The third-order valence-corrected chi connectivity index (χ3v) is 2.40. The second-order valence-electron chi connectivity index (χ2n) is 3.64. The van der Waals surface area contributed by atoms with Crippen LogP contribution in [0.1, 0.15) is 15.9 Å². The van der Waals surface area contributed by atoms with Crippen LogP contribution in [0, 0.1) is 0 Å². The number of hydrogen-bond donors (Lipinski definition) is 2. The summed E-state index contributed by atoms with van der Waals surface area (Å²) in [5, 5.41) is 17.6. The Kier molecular flexibility index (Phi) is 6.21. The van der Waals surface area contributed by atoms with E-state index in [0.717, 1.165) is 0 Å². The molecule has 0 aromatic heterocycles. The molecule has 2 rings (SSSR count). The molecule has 2 N–H and O–H groups in total. The van der Waals surface area contributed by atoms with Gasteiger partial charge in [0.2, 0.25) is 0 Å². The number of para-hydroxylation sites is 1. The summed E-state index contributed by atoms with van der Waals surface area (Å²) >= 11 is 0. The van der Waals surface area contributed by atoms with Gasteiger partial charge in [-0.05, 0) is 12.1 Å². The third kappa shape index (κ3) is 4.16. The average molecular weight is 268 g/mol. The summed E-state index contributed by atoms with van der Waals surface area (Å²) in [5.74, 6) is -0.0896. The third-order valence-electron chi connectivity index (χ3n) is 2.40. The van der Waals surface area contributed by atoms with Gasteiger partial charge in [0.1, 0.15) is 5.75 Å². The van der Waals surface area contributed by atoms with Gasteiger partial charge in [0.25, 0.3) is 0 Å². The predicted octanol–water partition coefficient (Wildman–Crippen LogP) is 0.916. The van der Waals surface area contributed by atoms with E-state index in [-0.39, 0.29) is 46.7 Å². The van der Waals surface area contributed by atoms with Gasteiger partial charge >= 0.3 is 36.0 Å². The fraction of sp³-hybridized carbons (Fsp3) is 0.0714. The van der Waals surface area contributed by atoms with Crippen molar-refractivity contribution in [1.29, 1.82) is 0 Å². The number of hydrogen-bond acceptors (Lipinski definition) is 4. The number of ether oxygens (including phenoxy) is 1. The van der Waals surface area contributed by atoms with E-state index in [1.165, 1.54) is 6.07 Å². The second kappa shape index (κ2) is 7.43. The number of benzene rings is 2. The quantitative estimate of drug-likeness (QED) is 0.491. The Morgan fingerprint density at radius 3 is 2.16 bits per heavy atom. The number of aliphatic hydroxyl groups is 2. The van der Waals surface area contributed by atoms with Crippen molar-refractivity contribution in [2.75, 3.05) is 0 Å². The Hall–Kier alpha value is -1.17. The molecule has 19 heavy (non-hydrogen) atoms. The van der Waals surface area contributed by atoms with Crippen molar-refractivity contribution < 1.29 is 19.7 Å². The first-order chi connectivity index (χ1) is 8.68. The van der Waals surface area contributed by atoms with E-state index >= 15 is 0 Å². The Balaban J connectivity index is 0.00000180. The Morgan fingerprint density at radius 2 is 1.53 bits per heavy atom. The molecular formula is C14H13NaO4. The molecule has 4 nitrogen and oxygen atoms in total. The van der Waals surface area contributed by atoms with E-state index in [9.17, 15) is 4.79 Å². The molecule has 2 aromatic rings. The van der Waals surface area contributed by atoms with Crippen molar-refractivity contribution in [1.82, 2.24) is 0 Å². The van der Waals surface area contributed by atoms with Gasteiger partial charge in [0, 0.05) is 5.56 Å². The van der Waals surface area contributed by atoms with E-state index in [4.69, 9.17) is 14.9 Å². The normalized spacial score (nSPS) is 9.84. The van der Waals surface area contributed by atoms with Crippen LogP contribution in [0.4, 0.5) is 0 Å². The summed E-state index contributed by atoms with van der Waals surface area (Å²) in [6.45, 7) is -1.95. The molecule has 0 saturated carbocycles. The van der Waals surface area contributed by atoms with Crippen molar-refractivity contribution >= 4 is 35.3 Å². The van der Waals surface area contributed by atoms with E-state index in [0.29, 0.717) is 5.56 Å². The predicted molar refractivity (Wildman–Crippen MR) is 72.3 cm³/mol. The van der Waals surface area contributed by atoms with Crippen LogP contribution in [-0.2, 0) is 0 Å². The van der Waals surface area contributed by atoms with Crippen molar-refractivity contribution in [2.45, 2.75) is 6.48 Å². The first kappa shape index (κ1) is 15.9. The standard InChI is InChI=1S/C14H12O4.Na.H/c15-13(10-6-2-1-3-7-10)11-8-4-5-9-12(11)18-14(16)17;;/h1-9,14,16-17H;;. The number of aliphatic hydroxyl groups excluding tert-OH is 1. The molecule has 0 fully saturated rings. The minimum absolute atomic E-state index is 0. The number of carbonyl (C=O) groups excluding carboxylic acids is 1. The minimum atomic E-state index is -1.95. The molecule has 0 unspecified atom stereocenters. The fourth-order valence-corrected chi connectivity index (χ4v) is 1.62. The van der Waals surface area contributed by atoms with Gasteiger partial charge in [0.15, 0.2) is 5.78 Å².